The Hall–Kier alpha value is -3.65. The van der Waals surface area contributed by atoms with E-state index in [0.717, 1.165) is 0 Å². The molecule has 0 atom stereocenters. The van der Waals surface area contributed by atoms with Crippen molar-refractivity contribution in [3.8, 4) is 0 Å². The van der Waals surface area contributed by atoms with E-state index in [4.69, 9.17) is 16.0 Å². The average Bonchev–Trinajstić information content (AvgIpc) is 3.10. The molecule has 158 valence electrons. The number of aryl methyl sites for hydroxylation is 2. The Morgan fingerprint density at radius 1 is 1.06 bits per heavy atom. The number of furan rings is 1. The second-order valence-electron chi connectivity index (χ2n) is 7.03. The van der Waals surface area contributed by atoms with Crippen LogP contribution in [-0.2, 0) is 6.54 Å². The highest BCUT2D eigenvalue weighted by Crippen LogP contribution is 2.27. The number of fused-ring (bicyclic) bond motifs is 2. The van der Waals surface area contributed by atoms with Gasteiger partial charge in [-0.05, 0) is 37.6 Å². The van der Waals surface area contributed by atoms with Gasteiger partial charge in [0.05, 0.1) is 5.39 Å². The van der Waals surface area contributed by atoms with E-state index in [-0.39, 0.29) is 17.0 Å². The standard InChI is InChI=1S/C22H19ClN4O4/c1-3-10-27-22(30)15-7-5-4-6-14(15)18(26-27)20(28)24-25-21(29)19-12(2)16-11-13(23)8-9-17(16)31-19/h4-9,11H,3,10H2,1-2H3,(H,24,28)(H,25,29). The molecule has 0 fully saturated rings. The van der Waals surface area contributed by atoms with Gasteiger partial charge in [-0.25, -0.2) is 4.68 Å². The summed E-state index contributed by atoms with van der Waals surface area (Å²) < 4.78 is 6.86. The van der Waals surface area contributed by atoms with E-state index in [2.05, 4.69) is 16.0 Å². The van der Waals surface area contributed by atoms with Crippen molar-refractivity contribution >= 4 is 45.2 Å². The normalized spacial score (nSPS) is 11.1. The summed E-state index contributed by atoms with van der Waals surface area (Å²) in [5, 5.41) is 6.23. The smallest absolute Gasteiger partial charge is 0.305 e. The summed E-state index contributed by atoms with van der Waals surface area (Å²) >= 11 is 6.01. The Kier molecular flexibility index (Phi) is 5.48. The predicted molar refractivity (Wildman–Crippen MR) is 117 cm³/mol. The van der Waals surface area contributed by atoms with Gasteiger partial charge in [0.15, 0.2) is 11.5 Å². The third-order valence-corrected chi connectivity index (χ3v) is 5.15. The van der Waals surface area contributed by atoms with Crippen molar-refractivity contribution in [1.82, 2.24) is 20.6 Å². The average molecular weight is 439 g/mol. The maximum absolute atomic E-state index is 12.8. The van der Waals surface area contributed by atoms with Crippen LogP contribution in [0.15, 0.2) is 51.7 Å². The lowest BCUT2D eigenvalue weighted by molar-refractivity contribution is 0.0829. The van der Waals surface area contributed by atoms with Gasteiger partial charge >= 0.3 is 5.91 Å². The largest absolute Gasteiger partial charge is 0.451 e. The maximum atomic E-state index is 12.8. The first-order valence-electron chi connectivity index (χ1n) is 9.70. The molecule has 0 aliphatic heterocycles. The topological polar surface area (TPSA) is 106 Å². The Labute approximate surface area is 181 Å². The molecule has 0 saturated carbocycles. The highest BCUT2D eigenvalue weighted by atomic mass is 35.5. The first-order valence-corrected chi connectivity index (χ1v) is 10.1. The molecule has 2 aromatic heterocycles. The molecule has 0 saturated heterocycles. The molecule has 0 bridgehead atoms. The molecule has 2 aromatic carbocycles. The number of nitrogens with one attached hydrogen (secondary N) is 2. The third kappa shape index (κ3) is 3.77. The van der Waals surface area contributed by atoms with Crippen LogP contribution in [0.4, 0.5) is 0 Å². The number of amides is 2. The van der Waals surface area contributed by atoms with Gasteiger partial charge in [0.1, 0.15) is 5.58 Å². The zero-order chi connectivity index (χ0) is 22.1. The van der Waals surface area contributed by atoms with Crippen LogP contribution in [0.2, 0.25) is 5.02 Å². The zero-order valence-electron chi connectivity index (χ0n) is 16.9. The second kappa shape index (κ2) is 8.23. The summed E-state index contributed by atoms with van der Waals surface area (Å²) in [6.07, 6.45) is 0.679. The number of aromatic nitrogens is 2. The molecule has 0 aliphatic rings. The molecule has 2 heterocycles. The molecular formula is C22H19ClN4O4. The van der Waals surface area contributed by atoms with Gasteiger partial charge in [-0.3, -0.25) is 25.2 Å². The zero-order valence-corrected chi connectivity index (χ0v) is 17.6. The van der Waals surface area contributed by atoms with Crippen LogP contribution in [-0.4, -0.2) is 21.6 Å². The lowest BCUT2D eigenvalue weighted by Crippen LogP contribution is -2.43. The van der Waals surface area contributed by atoms with Crippen LogP contribution in [0, 0.1) is 6.92 Å². The molecule has 4 aromatic rings. The highest BCUT2D eigenvalue weighted by Gasteiger charge is 2.21. The fourth-order valence-electron chi connectivity index (χ4n) is 3.41. The van der Waals surface area contributed by atoms with E-state index in [9.17, 15) is 14.4 Å². The van der Waals surface area contributed by atoms with Gasteiger partial charge in [-0.1, -0.05) is 36.7 Å². The predicted octanol–water partition coefficient (Wildman–Crippen LogP) is 3.59. The van der Waals surface area contributed by atoms with E-state index < -0.39 is 11.8 Å². The summed E-state index contributed by atoms with van der Waals surface area (Å²) in [6.45, 7) is 4.01. The minimum Gasteiger partial charge on any atom is -0.451 e. The first kappa shape index (κ1) is 20.6. The van der Waals surface area contributed by atoms with Crippen LogP contribution in [0.1, 0.15) is 40.0 Å². The second-order valence-corrected chi connectivity index (χ2v) is 7.46. The number of nitrogens with zero attached hydrogens (tertiary/aromatic N) is 2. The molecule has 9 heteroatoms. The highest BCUT2D eigenvalue weighted by molar-refractivity contribution is 6.31. The fourth-order valence-corrected chi connectivity index (χ4v) is 3.58. The van der Waals surface area contributed by atoms with E-state index >= 15 is 0 Å². The van der Waals surface area contributed by atoms with Crippen molar-refractivity contribution in [3.63, 3.8) is 0 Å². The number of hydrazine groups is 1. The Bertz CT molecular complexity index is 1390. The molecule has 0 aliphatic carbocycles. The number of hydrogen-bond donors (Lipinski definition) is 2. The number of halogens is 1. The molecule has 31 heavy (non-hydrogen) atoms. The summed E-state index contributed by atoms with van der Waals surface area (Å²) in [6, 6.07) is 11.8. The third-order valence-electron chi connectivity index (χ3n) is 4.91. The van der Waals surface area contributed by atoms with E-state index in [1.807, 2.05) is 6.92 Å². The summed E-state index contributed by atoms with van der Waals surface area (Å²) in [5.74, 6) is -1.21. The SMILES string of the molecule is CCCn1nc(C(=O)NNC(=O)c2oc3ccc(Cl)cc3c2C)c2ccccc2c1=O. The number of hydrogen-bond acceptors (Lipinski definition) is 5. The van der Waals surface area contributed by atoms with E-state index in [1.54, 1.807) is 49.4 Å². The van der Waals surface area contributed by atoms with Crippen molar-refractivity contribution in [2.75, 3.05) is 0 Å². The molecular weight excluding hydrogens is 420 g/mol. The van der Waals surface area contributed by atoms with Crippen LogP contribution < -0.4 is 16.4 Å². The Balaban J connectivity index is 1.61. The van der Waals surface area contributed by atoms with Crippen LogP contribution >= 0.6 is 11.6 Å². The number of rotatable bonds is 4. The summed E-state index contributed by atoms with van der Waals surface area (Å²) in [5.41, 5.74) is 5.59. The molecule has 8 nitrogen and oxygen atoms in total. The minimum atomic E-state index is -0.647. The van der Waals surface area contributed by atoms with Gasteiger partial charge in [0.2, 0.25) is 0 Å². The van der Waals surface area contributed by atoms with Crippen molar-refractivity contribution in [1.29, 1.82) is 0 Å². The Morgan fingerprint density at radius 3 is 2.52 bits per heavy atom. The summed E-state index contributed by atoms with van der Waals surface area (Å²) in [7, 11) is 0. The van der Waals surface area contributed by atoms with Gasteiger partial charge in [-0.2, -0.15) is 5.10 Å². The van der Waals surface area contributed by atoms with Crippen LogP contribution in [0.3, 0.4) is 0 Å². The summed E-state index contributed by atoms with van der Waals surface area (Å²) in [4.78, 5) is 38.0. The molecule has 2 amide bonds. The van der Waals surface area contributed by atoms with Crippen LogP contribution in [0.25, 0.3) is 21.7 Å². The van der Waals surface area contributed by atoms with E-state index in [1.165, 1.54) is 4.68 Å². The van der Waals surface area contributed by atoms with Crippen molar-refractivity contribution in [2.45, 2.75) is 26.8 Å². The van der Waals surface area contributed by atoms with Gasteiger partial charge in [0, 0.05) is 27.9 Å². The van der Waals surface area contributed by atoms with E-state index in [0.29, 0.717) is 45.3 Å². The molecule has 0 radical (unpaired) electrons. The van der Waals surface area contributed by atoms with Crippen molar-refractivity contribution < 1.29 is 14.0 Å². The number of benzene rings is 2. The Morgan fingerprint density at radius 2 is 1.77 bits per heavy atom. The minimum absolute atomic E-state index is 0.0389. The molecule has 2 N–H and O–H groups in total. The molecule has 0 unspecified atom stereocenters. The fraction of sp³-hybridized carbons (Fsp3) is 0.182. The van der Waals surface area contributed by atoms with Gasteiger partial charge in [0.25, 0.3) is 11.5 Å². The van der Waals surface area contributed by atoms with Crippen LogP contribution in [0.5, 0.6) is 0 Å². The van der Waals surface area contributed by atoms with Crippen molar-refractivity contribution in [3.05, 3.63) is 74.9 Å². The lowest BCUT2D eigenvalue weighted by Gasteiger charge is -2.11. The number of carbonyl (C=O) groups is 2. The first-order chi connectivity index (χ1) is 14.9. The van der Waals surface area contributed by atoms with Crippen molar-refractivity contribution in [2.24, 2.45) is 0 Å². The number of carbonyl (C=O) groups excluding carboxylic acids is 2. The van der Waals surface area contributed by atoms with Gasteiger partial charge in [-0.15, -0.1) is 0 Å². The molecule has 4 rings (SSSR count). The lowest BCUT2D eigenvalue weighted by atomic mass is 10.1. The molecule has 0 spiro atoms. The quantitative estimate of drug-likeness (QED) is 0.473. The monoisotopic (exact) mass is 438 g/mol. The maximum Gasteiger partial charge on any atom is 0.305 e. The van der Waals surface area contributed by atoms with Gasteiger partial charge < -0.3 is 4.42 Å².